The summed E-state index contributed by atoms with van der Waals surface area (Å²) in [6.45, 7) is -0.261. The van der Waals surface area contributed by atoms with Crippen LogP contribution >= 0.6 is 11.6 Å². The molecule has 0 atom stereocenters. The van der Waals surface area contributed by atoms with E-state index in [-0.39, 0.29) is 17.1 Å². The lowest BCUT2D eigenvalue weighted by Crippen LogP contribution is -2.06. The molecule has 0 aliphatic carbocycles. The molecule has 0 spiro atoms. The predicted molar refractivity (Wildman–Crippen MR) is 42.1 cm³/mol. The van der Waals surface area contributed by atoms with E-state index in [2.05, 4.69) is 4.98 Å². The van der Waals surface area contributed by atoms with Crippen molar-refractivity contribution >= 4 is 11.6 Å². The summed E-state index contributed by atoms with van der Waals surface area (Å²) in [5, 5.41) is -0.382. The van der Waals surface area contributed by atoms with E-state index in [4.69, 9.17) is 17.3 Å². The Balaban J connectivity index is 3.30. The van der Waals surface area contributed by atoms with Crippen LogP contribution < -0.4 is 5.73 Å². The molecule has 1 rings (SSSR count). The fourth-order valence-corrected chi connectivity index (χ4v) is 1.12. The summed E-state index contributed by atoms with van der Waals surface area (Å²) >= 11 is 5.41. The first-order chi connectivity index (χ1) is 6.07. The lowest BCUT2D eigenvalue weighted by molar-refractivity contribution is 0.144. The molecule has 2 nitrogen and oxygen atoms in total. The van der Waals surface area contributed by atoms with Crippen LogP contribution in [-0.2, 0) is 6.54 Å². The van der Waals surface area contributed by atoms with E-state index in [1.165, 1.54) is 0 Å². The zero-order valence-corrected chi connectivity index (χ0v) is 7.15. The lowest BCUT2D eigenvalue weighted by Gasteiger charge is -2.07. The fraction of sp³-hybridized carbons (Fsp3) is 0.286. The first kappa shape index (κ1) is 10.3. The van der Waals surface area contributed by atoms with Crippen molar-refractivity contribution in [1.29, 1.82) is 0 Å². The van der Waals surface area contributed by atoms with Crippen LogP contribution in [0.4, 0.5) is 13.2 Å². The molecule has 0 aromatic carbocycles. The van der Waals surface area contributed by atoms with E-state index < -0.39 is 17.9 Å². The van der Waals surface area contributed by atoms with Gasteiger partial charge in [-0.25, -0.2) is 13.2 Å². The van der Waals surface area contributed by atoms with E-state index in [1.54, 1.807) is 0 Å². The third kappa shape index (κ3) is 1.92. The van der Waals surface area contributed by atoms with Crippen LogP contribution in [0, 0.1) is 5.82 Å². The minimum absolute atomic E-state index is 0.142. The molecule has 0 amide bonds. The van der Waals surface area contributed by atoms with E-state index in [9.17, 15) is 13.2 Å². The van der Waals surface area contributed by atoms with Gasteiger partial charge >= 0.3 is 0 Å². The average Bonchev–Trinajstić information content (AvgIpc) is 2.09. The minimum atomic E-state index is -2.79. The molecule has 0 unspecified atom stereocenters. The first-order valence-electron chi connectivity index (χ1n) is 3.39. The van der Waals surface area contributed by atoms with Gasteiger partial charge in [0.2, 0.25) is 0 Å². The largest absolute Gasteiger partial charge is 0.326 e. The van der Waals surface area contributed by atoms with Crippen LogP contribution in [-0.4, -0.2) is 4.98 Å². The maximum Gasteiger partial charge on any atom is 0.280 e. The molecule has 0 aliphatic heterocycles. The molecule has 0 saturated heterocycles. The summed E-state index contributed by atoms with van der Waals surface area (Å²) < 4.78 is 37.2. The molecular weight excluding hydrogens is 205 g/mol. The monoisotopic (exact) mass is 210 g/mol. The van der Waals surface area contributed by atoms with Gasteiger partial charge in [-0.3, -0.25) is 4.98 Å². The van der Waals surface area contributed by atoms with Crippen LogP contribution in [0.1, 0.15) is 17.7 Å². The van der Waals surface area contributed by atoms with Crippen LogP contribution in [0.3, 0.4) is 0 Å². The molecular formula is C7H6ClF3N2. The highest BCUT2D eigenvalue weighted by Gasteiger charge is 2.18. The third-order valence-electron chi connectivity index (χ3n) is 1.51. The molecule has 1 aromatic rings. The Bertz CT molecular complexity index is 317. The molecule has 0 saturated carbocycles. The van der Waals surface area contributed by atoms with Gasteiger partial charge in [0, 0.05) is 12.1 Å². The quantitative estimate of drug-likeness (QED) is 0.813. The molecule has 1 heterocycles. The summed E-state index contributed by atoms with van der Waals surface area (Å²) in [7, 11) is 0. The SMILES string of the molecule is NCc1c(C(F)F)ncc(F)c1Cl. The van der Waals surface area contributed by atoms with Crippen LogP contribution in [0.2, 0.25) is 5.02 Å². The van der Waals surface area contributed by atoms with Crippen molar-refractivity contribution in [2.24, 2.45) is 5.73 Å². The zero-order valence-electron chi connectivity index (χ0n) is 6.40. The molecule has 13 heavy (non-hydrogen) atoms. The molecule has 2 N–H and O–H groups in total. The fourth-order valence-electron chi connectivity index (χ4n) is 0.900. The molecule has 6 heteroatoms. The molecule has 0 bridgehead atoms. The Morgan fingerprint density at radius 3 is 2.62 bits per heavy atom. The number of halogens is 4. The van der Waals surface area contributed by atoms with Crippen LogP contribution in [0.5, 0.6) is 0 Å². The highest BCUT2D eigenvalue weighted by Crippen LogP contribution is 2.27. The summed E-state index contributed by atoms with van der Waals surface area (Å²) in [4.78, 5) is 3.22. The molecule has 1 aromatic heterocycles. The maximum absolute atomic E-state index is 12.7. The van der Waals surface area contributed by atoms with Crippen LogP contribution in [0.15, 0.2) is 6.20 Å². The summed E-state index contributed by atoms with van der Waals surface area (Å²) in [5.74, 6) is -0.841. The highest BCUT2D eigenvalue weighted by molar-refractivity contribution is 6.31. The Kier molecular flexibility index (Phi) is 3.11. The number of rotatable bonds is 2. The second-order valence-electron chi connectivity index (χ2n) is 2.29. The van der Waals surface area contributed by atoms with E-state index in [1.807, 2.05) is 0 Å². The Morgan fingerprint density at radius 1 is 1.54 bits per heavy atom. The van der Waals surface area contributed by atoms with Crippen molar-refractivity contribution in [2.45, 2.75) is 13.0 Å². The number of nitrogens with zero attached hydrogens (tertiary/aromatic N) is 1. The van der Waals surface area contributed by atoms with Gasteiger partial charge in [0.15, 0.2) is 5.82 Å². The molecule has 0 aliphatic rings. The molecule has 0 fully saturated rings. The summed E-state index contributed by atoms with van der Waals surface area (Å²) in [5.41, 5.74) is 4.43. The average molecular weight is 211 g/mol. The van der Waals surface area contributed by atoms with Gasteiger partial charge in [-0.2, -0.15) is 0 Å². The predicted octanol–water partition coefficient (Wildman–Crippen LogP) is 2.27. The van der Waals surface area contributed by atoms with Gasteiger partial charge < -0.3 is 5.73 Å². The Hall–Kier alpha value is -0.810. The minimum Gasteiger partial charge on any atom is -0.326 e. The highest BCUT2D eigenvalue weighted by atomic mass is 35.5. The third-order valence-corrected chi connectivity index (χ3v) is 1.92. The van der Waals surface area contributed by atoms with Crippen LogP contribution in [0.25, 0.3) is 0 Å². The van der Waals surface area contributed by atoms with Crippen molar-refractivity contribution in [1.82, 2.24) is 4.98 Å². The van der Waals surface area contributed by atoms with Crippen molar-refractivity contribution in [3.8, 4) is 0 Å². The number of aromatic nitrogens is 1. The second kappa shape index (κ2) is 3.93. The first-order valence-corrected chi connectivity index (χ1v) is 3.76. The smallest absolute Gasteiger partial charge is 0.280 e. The second-order valence-corrected chi connectivity index (χ2v) is 2.67. The normalized spacial score (nSPS) is 10.9. The number of alkyl halides is 2. The standard InChI is InChI=1S/C7H6ClF3N2/c8-5-3(1-12)6(7(10)11)13-2-4(5)9/h2,7H,1,12H2. The van der Waals surface area contributed by atoms with Gasteiger partial charge in [0.1, 0.15) is 5.69 Å². The van der Waals surface area contributed by atoms with Gasteiger partial charge in [-0.1, -0.05) is 11.6 Å². The lowest BCUT2D eigenvalue weighted by atomic mass is 10.2. The maximum atomic E-state index is 12.7. The number of hydrogen-bond acceptors (Lipinski definition) is 2. The van der Waals surface area contributed by atoms with E-state index >= 15 is 0 Å². The number of hydrogen-bond donors (Lipinski definition) is 1. The number of nitrogens with two attached hydrogens (primary N) is 1. The number of pyridine rings is 1. The van der Waals surface area contributed by atoms with E-state index in [0.29, 0.717) is 6.20 Å². The zero-order chi connectivity index (χ0) is 10.0. The van der Waals surface area contributed by atoms with Crippen molar-refractivity contribution in [2.75, 3.05) is 0 Å². The van der Waals surface area contributed by atoms with Gasteiger partial charge in [0.05, 0.1) is 11.2 Å². The van der Waals surface area contributed by atoms with Crippen molar-refractivity contribution < 1.29 is 13.2 Å². The Morgan fingerprint density at radius 2 is 2.15 bits per heavy atom. The van der Waals surface area contributed by atoms with E-state index in [0.717, 1.165) is 0 Å². The van der Waals surface area contributed by atoms with Gasteiger partial charge in [-0.05, 0) is 0 Å². The summed E-state index contributed by atoms with van der Waals surface area (Å²) in [6.07, 6.45) is -2.14. The van der Waals surface area contributed by atoms with Gasteiger partial charge in [-0.15, -0.1) is 0 Å². The Labute approximate surface area is 77.5 Å². The van der Waals surface area contributed by atoms with Gasteiger partial charge in [0.25, 0.3) is 6.43 Å². The van der Waals surface area contributed by atoms with Crippen molar-refractivity contribution in [3.05, 3.63) is 28.3 Å². The molecule has 72 valence electrons. The summed E-state index contributed by atoms with van der Waals surface area (Å²) in [6, 6.07) is 0. The van der Waals surface area contributed by atoms with Crippen molar-refractivity contribution in [3.63, 3.8) is 0 Å². The molecule has 0 radical (unpaired) electrons. The topological polar surface area (TPSA) is 38.9 Å².